The molecule has 0 aliphatic carbocycles. The molecule has 0 saturated carbocycles. The number of hydrogen-bond acceptors (Lipinski definition) is 5. The highest BCUT2D eigenvalue weighted by atomic mass is 32.2. The number of rotatable bonds is 3. The van der Waals surface area contributed by atoms with E-state index in [-0.39, 0.29) is 22.0 Å². The van der Waals surface area contributed by atoms with Crippen molar-refractivity contribution >= 4 is 21.5 Å². The highest BCUT2D eigenvalue weighted by Gasteiger charge is 2.14. The number of nitrogens with two attached hydrogens (primary N) is 2. The maximum Gasteiger partial charge on any atom is 0.296 e. The zero-order valence-corrected chi connectivity index (χ0v) is 11.3. The molecule has 20 heavy (non-hydrogen) atoms. The zero-order valence-electron chi connectivity index (χ0n) is 10.4. The molecule has 0 unspecified atom stereocenters. The van der Waals surface area contributed by atoms with Crippen molar-refractivity contribution in [2.75, 3.05) is 11.5 Å². The fourth-order valence-corrected chi connectivity index (χ4v) is 2.51. The van der Waals surface area contributed by atoms with Crippen molar-refractivity contribution in [2.45, 2.75) is 11.3 Å². The third kappa shape index (κ3) is 3.01. The molecular formula is C13H14N2O4S. The van der Waals surface area contributed by atoms with E-state index in [1.54, 1.807) is 18.2 Å². The number of phenols is 1. The molecule has 0 aliphatic rings. The summed E-state index contributed by atoms with van der Waals surface area (Å²) in [5.41, 5.74) is 12.7. The molecule has 6 nitrogen and oxygen atoms in total. The molecule has 2 aromatic rings. The van der Waals surface area contributed by atoms with E-state index >= 15 is 0 Å². The van der Waals surface area contributed by atoms with Crippen molar-refractivity contribution in [1.29, 1.82) is 0 Å². The molecule has 0 fully saturated rings. The molecule has 0 bridgehead atoms. The van der Waals surface area contributed by atoms with Gasteiger partial charge in [-0.15, -0.1) is 0 Å². The van der Waals surface area contributed by atoms with Gasteiger partial charge in [0.2, 0.25) is 0 Å². The molecule has 106 valence electrons. The first-order valence-electron chi connectivity index (χ1n) is 5.70. The summed E-state index contributed by atoms with van der Waals surface area (Å²) < 4.78 is 31.4. The van der Waals surface area contributed by atoms with Gasteiger partial charge in [-0.1, -0.05) is 12.1 Å². The fourth-order valence-electron chi connectivity index (χ4n) is 1.85. The Kier molecular flexibility index (Phi) is 3.56. The second-order valence-corrected chi connectivity index (χ2v) is 5.81. The second kappa shape index (κ2) is 5.03. The van der Waals surface area contributed by atoms with E-state index in [0.29, 0.717) is 12.0 Å². The number of anilines is 2. The summed E-state index contributed by atoms with van der Waals surface area (Å²) in [6.45, 7) is 0. The van der Waals surface area contributed by atoms with Crippen molar-refractivity contribution in [2.24, 2.45) is 0 Å². The van der Waals surface area contributed by atoms with Crippen LogP contribution in [-0.4, -0.2) is 18.1 Å². The topological polar surface area (TPSA) is 127 Å². The molecule has 7 heteroatoms. The van der Waals surface area contributed by atoms with Crippen LogP contribution in [0.15, 0.2) is 41.3 Å². The minimum absolute atomic E-state index is 0.0172. The van der Waals surface area contributed by atoms with Gasteiger partial charge in [-0.3, -0.25) is 4.55 Å². The van der Waals surface area contributed by atoms with Gasteiger partial charge in [0.25, 0.3) is 10.1 Å². The van der Waals surface area contributed by atoms with E-state index in [9.17, 15) is 13.5 Å². The van der Waals surface area contributed by atoms with E-state index < -0.39 is 10.1 Å². The highest BCUT2D eigenvalue weighted by molar-refractivity contribution is 7.86. The normalized spacial score (nSPS) is 11.4. The minimum atomic E-state index is -4.36. The van der Waals surface area contributed by atoms with Gasteiger partial charge in [0.1, 0.15) is 10.6 Å². The third-order valence-electron chi connectivity index (χ3n) is 2.86. The average Bonchev–Trinajstić information content (AvgIpc) is 2.35. The Hall–Kier alpha value is -2.25. The van der Waals surface area contributed by atoms with E-state index in [1.165, 1.54) is 18.2 Å². The third-order valence-corrected chi connectivity index (χ3v) is 3.77. The first kappa shape index (κ1) is 14.2. The number of nitrogen functional groups attached to an aromatic ring is 2. The van der Waals surface area contributed by atoms with Crippen molar-refractivity contribution < 1.29 is 18.1 Å². The lowest BCUT2D eigenvalue weighted by molar-refractivity contribution is 0.477. The van der Waals surface area contributed by atoms with Crippen LogP contribution in [-0.2, 0) is 16.5 Å². The Balaban J connectivity index is 2.37. The first-order chi connectivity index (χ1) is 9.27. The fraction of sp³-hybridized carbons (Fsp3) is 0.0769. The summed E-state index contributed by atoms with van der Waals surface area (Å²) in [6, 6.07) is 9.15. The molecule has 0 aromatic heterocycles. The lowest BCUT2D eigenvalue weighted by atomic mass is 10.0. The van der Waals surface area contributed by atoms with Crippen LogP contribution < -0.4 is 11.5 Å². The van der Waals surface area contributed by atoms with Gasteiger partial charge >= 0.3 is 0 Å². The number of aromatic hydroxyl groups is 1. The summed E-state index contributed by atoms with van der Waals surface area (Å²) >= 11 is 0. The van der Waals surface area contributed by atoms with E-state index in [4.69, 9.17) is 16.0 Å². The van der Waals surface area contributed by atoms with Crippen LogP contribution in [0.1, 0.15) is 11.1 Å². The molecule has 6 N–H and O–H groups in total. The van der Waals surface area contributed by atoms with Crippen LogP contribution in [0.3, 0.4) is 0 Å². The number of benzene rings is 2. The second-order valence-electron chi connectivity index (χ2n) is 4.42. The smallest absolute Gasteiger partial charge is 0.296 e. The molecule has 0 aliphatic heterocycles. The summed E-state index contributed by atoms with van der Waals surface area (Å²) in [7, 11) is -4.36. The Morgan fingerprint density at radius 2 is 1.50 bits per heavy atom. The Labute approximate surface area is 116 Å². The molecule has 0 amide bonds. The highest BCUT2D eigenvalue weighted by Crippen LogP contribution is 2.24. The van der Waals surface area contributed by atoms with Gasteiger partial charge in [0, 0.05) is 0 Å². The summed E-state index contributed by atoms with van der Waals surface area (Å²) in [5.74, 6) is -0.0343. The maximum atomic E-state index is 11.2. The van der Waals surface area contributed by atoms with Crippen LogP contribution in [0.5, 0.6) is 5.75 Å². The molecule has 0 atom stereocenters. The molecule has 0 heterocycles. The predicted molar refractivity (Wildman–Crippen MR) is 76.0 cm³/mol. The Bertz CT molecular complexity index is 757. The van der Waals surface area contributed by atoms with E-state index in [0.717, 1.165) is 5.56 Å². The lowest BCUT2D eigenvalue weighted by Crippen LogP contribution is -2.04. The maximum absolute atomic E-state index is 11.2. The van der Waals surface area contributed by atoms with E-state index in [1.807, 2.05) is 0 Å². The van der Waals surface area contributed by atoms with E-state index in [2.05, 4.69) is 0 Å². The molecule has 2 rings (SSSR count). The van der Waals surface area contributed by atoms with Crippen molar-refractivity contribution in [3.05, 3.63) is 47.5 Å². The quantitative estimate of drug-likeness (QED) is 0.385. The number of phenolic OH excluding ortho intramolecular Hbond substituents is 1. The monoisotopic (exact) mass is 294 g/mol. The number of hydrogen-bond donors (Lipinski definition) is 4. The van der Waals surface area contributed by atoms with Crippen LogP contribution in [0, 0.1) is 0 Å². The summed E-state index contributed by atoms with van der Waals surface area (Å²) in [6.07, 6.45) is 0.372. The largest absolute Gasteiger partial charge is 0.506 e. The van der Waals surface area contributed by atoms with Crippen LogP contribution in [0.4, 0.5) is 11.4 Å². The van der Waals surface area contributed by atoms with Gasteiger partial charge in [0.15, 0.2) is 0 Å². The summed E-state index contributed by atoms with van der Waals surface area (Å²) in [4.78, 5) is -0.324. The first-order valence-corrected chi connectivity index (χ1v) is 7.14. The van der Waals surface area contributed by atoms with Gasteiger partial charge in [-0.25, -0.2) is 0 Å². The van der Waals surface area contributed by atoms with Gasteiger partial charge in [-0.2, -0.15) is 8.42 Å². The van der Waals surface area contributed by atoms with Gasteiger partial charge in [0.05, 0.1) is 11.4 Å². The summed E-state index contributed by atoms with van der Waals surface area (Å²) in [5, 5.41) is 9.53. The van der Waals surface area contributed by atoms with Crippen LogP contribution in [0.2, 0.25) is 0 Å². The van der Waals surface area contributed by atoms with Gasteiger partial charge in [-0.05, 0) is 41.8 Å². The Morgan fingerprint density at radius 1 is 0.950 bits per heavy atom. The molecule has 0 saturated heterocycles. The standard InChI is InChI=1S/C13H14N2O4S/c14-10-3-1-8(6-12(10)16)5-9-2-4-11(15)13(7-9)20(17,18)19/h1-4,6-7,16H,5,14-15H2,(H,17,18,19). The lowest BCUT2D eigenvalue weighted by Gasteiger charge is -2.08. The predicted octanol–water partition coefficient (Wildman–Crippen LogP) is 1.39. The van der Waals surface area contributed by atoms with Gasteiger partial charge < -0.3 is 16.6 Å². The molecule has 0 spiro atoms. The Morgan fingerprint density at radius 3 is 2.05 bits per heavy atom. The van der Waals surface area contributed by atoms with Crippen molar-refractivity contribution in [3.8, 4) is 5.75 Å². The zero-order chi connectivity index (χ0) is 14.9. The van der Waals surface area contributed by atoms with Crippen molar-refractivity contribution in [1.82, 2.24) is 0 Å². The minimum Gasteiger partial charge on any atom is -0.506 e. The average molecular weight is 294 g/mol. The molecule has 2 aromatic carbocycles. The van der Waals surface area contributed by atoms with Crippen molar-refractivity contribution in [3.63, 3.8) is 0 Å². The molecule has 0 radical (unpaired) electrons. The van der Waals surface area contributed by atoms with Crippen LogP contribution >= 0.6 is 0 Å². The van der Waals surface area contributed by atoms with Crippen LogP contribution in [0.25, 0.3) is 0 Å². The molecular weight excluding hydrogens is 280 g/mol. The SMILES string of the molecule is Nc1ccc(Cc2ccc(N)c(S(=O)(=O)O)c2)cc1O.